The van der Waals surface area contributed by atoms with Crippen LogP contribution < -0.4 is 10.1 Å². The average molecular weight is 297 g/mol. The molecule has 0 spiro atoms. The highest BCUT2D eigenvalue weighted by Gasteiger charge is 2.08. The van der Waals surface area contributed by atoms with Crippen LogP contribution in [-0.2, 0) is 4.79 Å². The average Bonchev–Trinajstić information content (AvgIpc) is 2.40. The van der Waals surface area contributed by atoms with E-state index >= 15 is 0 Å². The van der Waals surface area contributed by atoms with E-state index in [0.717, 1.165) is 33.7 Å². The Kier molecular flexibility index (Phi) is 4.86. The molecule has 2 aromatic rings. The molecular weight excluding hydrogens is 274 g/mol. The zero-order valence-corrected chi connectivity index (χ0v) is 13.9. The van der Waals surface area contributed by atoms with Crippen LogP contribution in [0.25, 0.3) is 0 Å². The number of hydrogen-bond donors (Lipinski definition) is 1. The van der Waals surface area contributed by atoms with Crippen molar-refractivity contribution in [2.24, 2.45) is 0 Å². The van der Waals surface area contributed by atoms with Gasteiger partial charge in [0, 0.05) is 5.69 Å². The molecule has 0 aromatic heterocycles. The maximum Gasteiger partial charge on any atom is 0.262 e. The minimum Gasteiger partial charge on any atom is -0.483 e. The quantitative estimate of drug-likeness (QED) is 0.916. The lowest BCUT2D eigenvalue weighted by atomic mass is 10.1. The zero-order chi connectivity index (χ0) is 16.3. The lowest BCUT2D eigenvalue weighted by molar-refractivity contribution is -0.118. The summed E-state index contributed by atoms with van der Waals surface area (Å²) in [5.41, 5.74) is 6.44. The smallest absolute Gasteiger partial charge is 0.262 e. The number of benzene rings is 2. The number of nitrogens with one attached hydrogen (secondary N) is 1. The molecule has 0 aliphatic rings. The molecule has 0 heterocycles. The second-order valence-corrected chi connectivity index (χ2v) is 5.92. The Bertz CT molecular complexity index is 685. The molecule has 2 aromatic carbocycles. The van der Waals surface area contributed by atoms with E-state index in [1.54, 1.807) is 0 Å². The Balaban J connectivity index is 2.01. The Labute approximate surface area is 132 Å². The number of carbonyl (C=O) groups is 1. The molecule has 2 rings (SSSR count). The molecule has 0 aliphatic carbocycles. The number of aryl methyl sites for hydroxylation is 4. The van der Waals surface area contributed by atoms with Crippen molar-refractivity contribution in [3.05, 3.63) is 58.1 Å². The predicted octanol–water partition coefficient (Wildman–Crippen LogP) is 4.25. The Morgan fingerprint density at radius 3 is 2.14 bits per heavy atom. The highest BCUT2D eigenvalue weighted by molar-refractivity contribution is 5.92. The first kappa shape index (κ1) is 16.1. The van der Waals surface area contributed by atoms with Gasteiger partial charge in [0.25, 0.3) is 5.91 Å². The van der Waals surface area contributed by atoms with Crippen molar-refractivity contribution in [3.63, 3.8) is 0 Å². The van der Waals surface area contributed by atoms with Crippen LogP contribution in [0.2, 0.25) is 0 Å². The Hall–Kier alpha value is -2.29. The van der Waals surface area contributed by atoms with Crippen LogP contribution in [0.15, 0.2) is 30.3 Å². The van der Waals surface area contributed by atoms with Crippen molar-refractivity contribution in [2.75, 3.05) is 11.9 Å². The third-order valence-corrected chi connectivity index (χ3v) is 3.63. The molecule has 3 nitrogen and oxygen atoms in total. The number of ether oxygens (including phenoxy) is 1. The molecular formula is C19H23NO2. The Morgan fingerprint density at radius 1 is 0.909 bits per heavy atom. The lowest BCUT2D eigenvalue weighted by Gasteiger charge is -2.13. The summed E-state index contributed by atoms with van der Waals surface area (Å²) >= 11 is 0. The first-order valence-electron chi connectivity index (χ1n) is 7.44. The summed E-state index contributed by atoms with van der Waals surface area (Å²) in [6, 6.07) is 10.1. The molecule has 0 saturated carbocycles. The fourth-order valence-corrected chi connectivity index (χ4v) is 2.54. The molecule has 0 radical (unpaired) electrons. The first-order valence-corrected chi connectivity index (χ1v) is 7.44. The van der Waals surface area contributed by atoms with Crippen molar-refractivity contribution >= 4 is 11.6 Å². The fourth-order valence-electron chi connectivity index (χ4n) is 2.54. The van der Waals surface area contributed by atoms with Gasteiger partial charge in [0.1, 0.15) is 5.75 Å². The molecule has 0 fully saturated rings. The van der Waals surface area contributed by atoms with Crippen molar-refractivity contribution < 1.29 is 9.53 Å². The molecule has 3 heteroatoms. The zero-order valence-electron chi connectivity index (χ0n) is 13.9. The minimum atomic E-state index is -0.149. The monoisotopic (exact) mass is 297 g/mol. The van der Waals surface area contributed by atoms with Crippen LogP contribution in [0.3, 0.4) is 0 Å². The molecule has 0 unspecified atom stereocenters. The van der Waals surface area contributed by atoms with Crippen molar-refractivity contribution in [1.29, 1.82) is 0 Å². The third-order valence-electron chi connectivity index (χ3n) is 3.63. The Morgan fingerprint density at radius 2 is 1.50 bits per heavy atom. The fraction of sp³-hybridized carbons (Fsp3) is 0.316. The van der Waals surface area contributed by atoms with E-state index in [1.807, 2.05) is 52.8 Å². The summed E-state index contributed by atoms with van der Waals surface area (Å²) in [6.45, 7) is 10.1. The lowest BCUT2D eigenvalue weighted by Crippen LogP contribution is -2.20. The molecule has 22 heavy (non-hydrogen) atoms. The van der Waals surface area contributed by atoms with Gasteiger partial charge in [-0.3, -0.25) is 4.79 Å². The van der Waals surface area contributed by atoms with E-state index < -0.39 is 0 Å². The van der Waals surface area contributed by atoms with Crippen LogP contribution in [-0.4, -0.2) is 12.5 Å². The number of hydrogen-bond acceptors (Lipinski definition) is 2. The van der Waals surface area contributed by atoms with Gasteiger partial charge in [0.05, 0.1) is 0 Å². The number of carbonyl (C=O) groups excluding carboxylic acids is 1. The normalized spacial score (nSPS) is 10.4. The van der Waals surface area contributed by atoms with Gasteiger partial charge in [-0.2, -0.15) is 0 Å². The maximum absolute atomic E-state index is 12.1. The summed E-state index contributed by atoms with van der Waals surface area (Å²) in [5, 5.41) is 2.88. The molecule has 1 N–H and O–H groups in total. The summed E-state index contributed by atoms with van der Waals surface area (Å²) in [7, 11) is 0. The molecule has 0 saturated heterocycles. The van der Waals surface area contributed by atoms with Gasteiger partial charge in [0.2, 0.25) is 0 Å². The summed E-state index contributed by atoms with van der Waals surface area (Å²) in [5.74, 6) is 0.622. The molecule has 1 amide bonds. The standard InChI is InChI=1S/C19H23NO2/c1-12-6-13(2)9-17(8-12)20-19(21)11-22-18-10-14(3)7-15(4)16(18)5/h6-10H,11H2,1-5H3,(H,20,21). The summed E-state index contributed by atoms with van der Waals surface area (Å²) in [4.78, 5) is 12.1. The number of amides is 1. The summed E-state index contributed by atoms with van der Waals surface area (Å²) < 4.78 is 5.68. The van der Waals surface area contributed by atoms with Gasteiger partial charge >= 0.3 is 0 Å². The molecule has 0 atom stereocenters. The van der Waals surface area contributed by atoms with E-state index in [9.17, 15) is 4.79 Å². The molecule has 116 valence electrons. The summed E-state index contributed by atoms with van der Waals surface area (Å²) in [6.07, 6.45) is 0. The van der Waals surface area contributed by atoms with Gasteiger partial charge in [-0.25, -0.2) is 0 Å². The topological polar surface area (TPSA) is 38.3 Å². The largest absolute Gasteiger partial charge is 0.483 e. The van der Waals surface area contributed by atoms with E-state index in [2.05, 4.69) is 17.4 Å². The minimum absolute atomic E-state index is 0.0106. The van der Waals surface area contributed by atoms with Crippen molar-refractivity contribution in [2.45, 2.75) is 34.6 Å². The van der Waals surface area contributed by atoms with E-state index in [4.69, 9.17) is 4.74 Å². The second-order valence-electron chi connectivity index (χ2n) is 5.92. The number of anilines is 1. The van der Waals surface area contributed by atoms with Crippen LogP contribution >= 0.6 is 0 Å². The van der Waals surface area contributed by atoms with E-state index in [-0.39, 0.29) is 12.5 Å². The third kappa shape index (κ3) is 4.10. The molecule has 0 bridgehead atoms. The first-order chi connectivity index (χ1) is 10.3. The predicted molar refractivity (Wildman–Crippen MR) is 90.7 cm³/mol. The van der Waals surface area contributed by atoms with Gasteiger partial charge in [0.15, 0.2) is 6.61 Å². The maximum atomic E-state index is 12.1. The van der Waals surface area contributed by atoms with Crippen LogP contribution in [0.4, 0.5) is 5.69 Å². The van der Waals surface area contributed by atoms with Crippen LogP contribution in [0.5, 0.6) is 5.75 Å². The van der Waals surface area contributed by atoms with Gasteiger partial charge in [-0.15, -0.1) is 0 Å². The van der Waals surface area contributed by atoms with Crippen LogP contribution in [0, 0.1) is 34.6 Å². The highest BCUT2D eigenvalue weighted by atomic mass is 16.5. The van der Waals surface area contributed by atoms with Gasteiger partial charge in [-0.1, -0.05) is 12.1 Å². The highest BCUT2D eigenvalue weighted by Crippen LogP contribution is 2.23. The molecule has 0 aliphatic heterocycles. The van der Waals surface area contributed by atoms with Gasteiger partial charge in [-0.05, 0) is 80.6 Å². The van der Waals surface area contributed by atoms with E-state index in [0.29, 0.717) is 0 Å². The van der Waals surface area contributed by atoms with Crippen LogP contribution in [0.1, 0.15) is 27.8 Å². The second kappa shape index (κ2) is 6.65. The SMILES string of the molecule is Cc1cc(C)cc(NC(=O)COc2cc(C)cc(C)c2C)c1. The van der Waals surface area contributed by atoms with Gasteiger partial charge < -0.3 is 10.1 Å². The van der Waals surface area contributed by atoms with Crippen molar-refractivity contribution in [3.8, 4) is 5.75 Å². The van der Waals surface area contributed by atoms with E-state index in [1.165, 1.54) is 5.56 Å². The van der Waals surface area contributed by atoms with Crippen molar-refractivity contribution in [1.82, 2.24) is 0 Å². The number of rotatable bonds is 4.